The van der Waals surface area contributed by atoms with Crippen molar-refractivity contribution in [2.45, 2.75) is 38.7 Å². The molecule has 0 bridgehead atoms. The maximum Gasteiger partial charge on any atom is 0.326 e. The molecule has 1 aromatic rings. The highest BCUT2D eigenvalue weighted by molar-refractivity contribution is 6.36. The SMILES string of the molecule is CC(OC(=O)CN1CCCCCC1=O)C(=O)Nc1ccc(Cl)cc1Cl. The van der Waals surface area contributed by atoms with Crippen molar-refractivity contribution in [2.75, 3.05) is 18.4 Å². The normalized spacial score (nSPS) is 16.1. The maximum absolute atomic E-state index is 12.1. The molecule has 0 aliphatic carbocycles. The van der Waals surface area contributed by atoms with E-state index in [4.69, 9.17) is 27.9 Å². The third-order valence-electron chi connectivity index (χ3n) is 3.86. The van der Waals surface area contributed by atoms with Crippen molar-refractivity contribution in [3.63, 3.8) is 0 Å². The molecule has 2 rings (SSSR count). The number of nitrogens with zero attached hydrogens (tertiary/aromatic N) is 1. The number of amides is 2. The Hall–Kier alpha value is -1.79. The van der Waals surface area contributed by atoms with Gasteiger partial charge in [-0.05, 0) is 38.0 Å². The van der Waals surface area contributed by atoms with Gasteiger partial charge in [-0.2, -0.15) is 0 Å². The first-order valence-electron chi connectivity index (χ1n) is 8.10. The van der Waals surface area contributed by atoms with Crippen molar-refractivity contribution in [1.82, 2.24) is 4.90 Å². The number of halogens is 2. The van der Waals surface area contributed by atoms with Gasteiger partial charge in [0.15, 0.2) is 6.10 Å². The van der Waals surface area contributed by atoms with Gasteiger partial charge in [-0.3, -0.25) is 14.4 Å². The monoisotopic (exact) mass is 386 g/mol. The molecule has 1 heterocycles. The lowest BCUT2D eigenvalue weighted by Gasteiger charge is -2.21. The Labute approximate surface area is 156 Å². The minimum Gasteiger partial charge on any atom is -0.451 e. The number of nitrogens with one attached hydrogen (secondary N) is 1. The summed E-state index contributed by atoms with van der Waals surface area (Å²) in [4.78, 5) is 37.5. The fourth-order valence-electron chi connectivity index (χ4n) is 2.47. The van der Waals surface area contributed by atoms with Crippen LogP contribution in [0.3, 0.4) is 0 Å². The van der Waals surface area contributed by atoms with Crippen LogP contribution in [0.1, 0.15) is 32.6 Å². The standard InChI is InChI=1S/C17H20Cl2N2O4/c1-11(17(24)20-14-7-6-12(18)9-13(14)19)25-16(23)10-21-8-4-2-3-5-15(21)22/h6-7,9,11H,2-5,8,10H2,1H3,(H,20,24). The van der Waals surface area contributed by atoms with E-state index in [0.717, 1.165) is 19.3 Å². The molecule has 1 N–H and O–H groups in total. The van der Waals surface area contributed by atoms with Crippen LogP contribution in [0.4, 0.5) is 5.69 Å². The lowest BCUT2D eigenvalue weighted by molar-refractivity contribution is -0.156. The number of anilines is 1. The van der Waals surface area contributed by atoms with Crippen molar-refractivity contribution in [3.05, 3.63) is 28.2 Å². The molecular formula is C17H20Cl2N2O4. The van der Waals surface area contributed by atoms with Crippen molar-refractivity contribution in [2.24, 2.45) is 0 Å². The zero-order valence-electron chi connectivity index (χ0n) is 13.9. The largest absolute Gasteiger partial charge is 0.451 e. The number of carbonyl (C=O) groups excluding carboxylic acids is 3. The summed E-state index contributed by atoms with van der Waals surface area (Å²) in [6.45, 7) is 1.86. The first-order chi connectivity index (χ1) is 11.9. The lowest BCUT2D eigenvalue weighted by Crippen LogP contribution is -2.38. The van der Waals surface area contributed by atoms with Crippen LogP contribution in [0.2, 0.25) is 10.0 Å². The van der Waals surface area contributed by atoms with Gasteiger partial charge in [0.25, 0.3) is 5.91 Å². The van der Waals surface area contributed by atoms with Crippen molar-refractivity contribution < 1.29 is 19.1 Å². The summed E-state index contributed by atoms with van der Waals surface area (Å²) in [5, 5.41) is 3.31. The predicted octanol–water partition coefficient (Wildman–Crippen LogP) is 3.27. The van der Waals surface area contributed by atoms with E-state index >= 15 is 0 Å². The van der Waals surface area contributed by atoms with Crippen LogP contribution in [0.25, 0.3) is 0 Å². The van der Waals surface area contributed by atoms with Gasteiger partial charge < -0.3 is 15.0 Å². The first-order valence-corrected chi connectivity index (χ1v) is 8.85. The van der Waals surface area contributed by atoms with E-state index < -0.39 is 18.0 Å². The summed E-state index contributed by atoms with van der Waals surface area (Å²) < 4.78 is 5.13. The number of benzene rings is 1. The second kappa shape index (κ2) is 9.06. The Morgan fingerprint density at radius 1 is 1.28 bits per heavy atom. The Bertz CT molecular complexity index is 666. The zero-order valence-corrected chi connectivity index (χ0v) is 15.4. The fraction of sp³-hybridized carbons (Fsp3) is 0.471. The predicted molar refractivity (Wildman–Crippen MR) is 95.7 cm³/mol. The molecule has 1 aliphatic rings. The Morgan fingerprint density at radius 3 is 2.76 bits per heavy atom. The van der Waals surface area contributed by atoms with Gasteiger partial charge in [-0.15, -0.1) is 0 Å². The van der Waals surface area contributed by atoms with Crippen molar-refractivity contribution in [3.8, 4) is 0 Å². The average Bonchev–Trinajstić information content (AvgIpc) is 2.74. The molecule has 0 saturated carbocycles. The second-order valence-electron chi connectivity index (χ2n) is 5.87. The Balaban J connectivity index is 1.87. The van der Waals surface area contributed by atoms with Crippen LogP contribution in [0, 0.1) is 0 Å². The third-order valence-corrected chi connectivity index (χ3v) is 4.41. The number of hydrogen-bond acceptors (Lipinski definition) is 4. The lowest BCUT2D eigenvalue weighted by atomic mass is 10.2. The molecule has 0 aromatic heterocycles. The summed E-state index contributed by atoms with van der Waals surface area (Å²) in [5.41, 5.74) is 0.377. The molecule has 1 fully saturated rings. The molecule has 0 spiro atoms. The van der Waals surface area contributed by atoms with E-state index in [-0.39, 0.29) is 17.5 Å². The molecule has 0 radical (unpaired) electrons. The summed E-state index contributed by atoms with van der Waals surface area (Å²) in [7, 11) is 0. The van der Waals surface area contributed by atoms with Crippen molar-refractivity contribution >= 4 is 46.7 Å². The van der Waals surface area contributed by atoms with Crippen molar-refractivity contribution in [1.29, 1.82) is 0 Å². The number of likely N-dealkylation sites (tertiary alicyclic amines) is 1. The van der Waals surface area contributed by atoms with E-state index in [2.05, 4.69) is 5.32 Å². The van der Waals surface area contributed by atoms with Gasteiger partial charge >= 0.3 is 5.97 Å². The summed E-state index contributed by atoms with van der Waals surface area (Å²) in [6, 6.07) is 4.65. The molecule has 1 aromatic carbocycles. The van der Waals surface area contributed by atoms with Gasteiger partial charge in [0, 0.05) is 18.0 Å². The van der Waals surface area contributed by atoms with Crippen LogP contribution < -0.4 is 5.32 Å². The molecule has 25 heavy (non-hydrogen) atoms. The van der Waals surface area contributed by atoms with Gasteiger partial charge in [0.2, 0.25) is 5.91 Å². The van der Waals surface area contributed by atoms with Crippen LogP contribution in [0.5, 0.6) is 0 Å². The average molecular weight is 387 g/mol. The molecule has 2 amide bonds. The zero-order chi connectivity index (χ0) is 18.4. The quantitative estimate of drug-likeness (QED) is 0.787. The van der Waals surface area contributed by atoms with Crippen LogP contribution in [0.15, 0.2) is 18.2 Å². The molecule has 1 atom stereocenters. The van der Waals surface area contributed by atoms with E-state index in [9.17, 15) is 14.4 Å². The van der Waals surface area contributed by atoms with E-state index in [1.54, 1.807) is 12.1 Å². The third kappa shape index (κ3) is 5.90. The summed E-state index contributed by atoms with van der Waals surface area (Å²) in [6.07, 6.45) is 2.10. The van der Waals surface area contributed by atoms with Gasteiger partial charge in [-0.1, -0.05) is 29.6 Å². The second-order valence-corrected chi connectivity index (χ2v) is 6.72. The Kier molecular flexibility index (Phi) is 7.08. The highest BCUT2D eigenvalue weighted by atomic mass is 35.5. The van der Waals surface area contributed by atoms with Gasteiger partial charge in [0.05, 0.1) is 10.7 Å². The molecule has 136 valence electrons. The first kappa shape index (κ1) is 19.5. The fourth-order valence-corrected chi connectivity index (χ4v) is 2.93. The molecule has 1 aliphatic heterocycles. The molecule has 6 nitrogen and oxygen atoms in total. The Morgan fingerprint density at radius 2 is 2.04 bits per heavy atom. The van der Waals surface area contributed by atoms with E-state index in [1.165, 1.54) is 17.9 Å². The maximum atomic E-state index is 12.1. The van der Waals surface area contributed by atoms with Crippen LogP contribution in [-0.2, 0) is 19.1 Å². The number of carbonyl (C=O) groups is 3. The highest BCUT2D eigenvalue weighted by Gasteiger charge is 2.23. The van der Waals surface area contributed by atoms with E-state index in [1.807, 2.05) is 0 Å². The number of hydrogen-bond donors (Lipinski definition) is 1. The van der Waals surface area contributed by atoms with Gasteiger partial charge in [0.1, 0.15) is 6.54 Å². The van der Waals surface area contributed by atoms with Gasteiger partial charge in [-0.25, -0.2) is 0 Å². The molecular weight excluding hydrogens is 367 g/mol. The van der Waals surface area contributed by atoms with E-state index in [0.29, 0.717) is 23.7 Å². The van der Waals surface area contributed by atoms with Crippen LogP contribution >= 0.6 is 23.2 Å². The summed E-state index contributed by atoms with van der Waals surface area (Å²) >= 11 is 11.8. The highest BCUT2D eigenvalue weighted by Crippen LogP contribution is 2.25. The molecule has 1 saturated heterocycles. The van der Waals surface area contributed by atoms with Crippen LogP contribution in [-0.4, -0.2) is 41.9 Å². The smallest absolute Gasteiger partial charge is 0.326 e. The molecule has 1 unspecified atom stereocenters. The number of ether oxygens (including phenoxy) is 1. The molecule has 8 heteroatoms. The number of esters is 1. The minimum absolute atomic E-state index is 0.0560. The summed E-state index contributed by atoms with van der Waals surface area (Å²) in [5.74, 6) is -1.18. The minimum atomic E-state index is -1.01. The topological polar surface area (TPSA) is 75.7 Å². The number of rotatable bonds is 5.